The Morgan fingerprint density at radius 2 is 2.08 bits per heavy atom. The molecule has 1 amide bonds. The van der Waals surface area contributed by atoms with Gasteiger partial charge in [-0.15, -0.1) is 0 Å². The minimum Gasteiger partial charge on any atom is -0.367 e. The molecule has 3 aromatic rings. The molecule has 24 heavy (non-hydrogen) atoms. The molecule has 1 fully saturated rings. The summed E-state index contributed by atoms with van der Waals surface area (Å²) in [5.74, 6) is 0.265. The van der Waals surface area contributed by atoms with Gasteiger partial charge in [-0.1, -0.05) is 18.2 Å². The zero-order valence-corrected chi connectivity index (χ0v) is 12.9. The third-order valence-corrected chi connectivity index (χ3v) is 4.03. The Hall–Kier alpha value is -3.00. The van der Waals surface area contributed by atoms with Crippen LogP contribution in [0.3, 0.4) is 0 Å². The van der Waals surface area contributed by atoms with Gasteiger partial charge in [0.05, 0.1) is 30.4 Å². The van der Waals surface area contributed by atoms with Gasteiger partial charge in [0.25, 0.3) is 0 Å². The van der Waals surface area contributed by atoms with Crippen molar-refractivity contribution in [1.29, 1.82) is 0 Å². The molecule has 1 atom stereocenters. The van der Waals surface area contributed by atoms with E-state index in [4.69, 9.17) is 10.5 Å². The van der Waals surface area contributed by atoms with E-state index in [0.717, 1.165) is 16.9 Å². The molecular weight excluding hydrogens is 308 g/mol. The number of morpholine rings is 1. The summed E-state index contributed by atoms with van der Waals surface area (Å²) in [6.07, 6.45) is 2.62. The van der Waals surface area contributed by atoms with E-state index in [9.17, 15) is 4.79 Å². The minimum atomic E-state index is -0.632. The first kappa shape index (κ1) is 14.6. The van der Waals surface area contributed by atoms with E-state index in [1.807, 2.05) is 35.2 Å². The van der Waals surface area contributed by atoms with Crippen LogP contribution in [0.1, 0.15) is 0 Å². The van der Waals surface area contributed by atoms with Crippen LogP contribution in [-0.4, -0.2) is 51.5 Å². The lowest BCUT2D eigenvalue weighted by Gasteiger charge is -2.32. The van der Waals surface area contributed by atoms with E-state index in [2.05, 4.69) is 15.1 Å². The van der Waals surface area contributed by atoms with Crippen molar-refractivity contribution in [3.05, 3.63) is 42.9 Å². The number of nitrogens with zero attached hydrogens (tertiary/aromatic N) is 5. The van der Waals surface area contributed by atoms with Gasteiger partial charge in [-0.05, 0) is 12.1 Å². The lowest BCUT2D eigenvalue weighted by molar-refractivity contribution is -0.130. The summed E-state index contributed by atoms with van der Waals surface area (Å²) in [5, 5.41) is 5.27. The molecule has 4 rings (SSSR count). The lowest BCUT2D eigenvalue weighted by Crippen LogP contribution is -2.48. The lowest BCUT2D eigenvalue weighted by atomic mass is 10.2. The molecule has 2 N–H and O–H groups in total. The molecule has 1 aliphatic rings. The average Bonchev–Trinajstić information content (AvgIpc) is 3.06. The van der Waals surface area contributed by atoms with Crippen LogP contribution in [0.25, 0.3) is 16.7 Å². The predicted molar refractivity (Wildman–Crippen MR) is 87.8 cm³/mol. The predicted octanol–water partition coefficient (Wildman–Crippen LogP) is 0.506. The molecule has 8 heteroatoms. The van der Waals surface area contributed by atoms with Gasteiger partial charge in [0, 0.05) is 6.54 Å². The maximum absolute atomic E-state index is 11.4. The van der Waals surface area contributed by atoms with Gasteiger partial charge in [0.2, 0.25) is 5.91 Å². The van der Waals surface area contributed by atoms with E-state index >= 15 is 0 Å². The van der Waals surface area contributed by atoms with Crippen molar-refractivity contribution >= 4 is 22.8 Å². The van der Waals surface area contributed by atoms with E-state index < -0.39 is 12.0 Å². The Balaban J connectivity index is 1.75. The normalized spacial score (nSPS) is 18.0. The average molecular weight is 324 g/mol. The number of primary amides is 1. The number of amides is 1. The molecule has 0 saturated carbocycles. The fourth-order valence-corrected chi connectivity index (χ4v) is 2.86. The van der Waals surface area contributed by atoms with Gasteiger partial charge >= 0.3 is 0 Å². The SMILES string of the molecule is NC(=O)C1CN(c2ncnc3c2cnn3-c2ccccc2)CCO1. The Bertz CT molecular complexity index is 879. The topological polar surface area (TPSA) is 99.2 Å². The summed E-state index contributed by atoms with van der Waals surface area (Å²) in [4.78, 5) is 22.1. The first-order valence-electron chi connectivity index (χ1n) is 7.64. The molecule has 3 heterocycles. The number of anilines is 1. The summed E-state index contributed by atoms with van der Waals surface area (Å²) in [6.45, 7) is 1.43. The molecular formula is C16H16N6O2. The van der Waals surface area contributed by atoms with Gasteiger partial charge in [-0.25, -0.2) is 14.6 Å². The fraction of sp³-hybridized carbons (Fsp3) is 0.250. The molecule has 8 nitrogen and oxygen atoms in total. The molecule has 0 aliphatic carbocycles. The molecule has 2 aromatic heterocycles. The van der Waals surface area contributed by atoms with Gasteiger partial charge in [-0.2, -0.15) is 5.10 Å². The van der Waals surface area contributed by atoms with Gasteiger partial charge in [-0.3, -0.25) is 4.79 Å². The second-order valence-electron chi connectivity index (χ2n) is 5.53. The molecule has 0 spiro atoms. The number of carbonyl (C=O) groups is 1. The largest absolute Gasteiger partial charge is 0.367 e. The molecule has 1 aliphatic heterocycles. The second kappa shape index (κ2) is 5.89. The maximum Gasteiger partial charge on any atom is 0.248 e. The first-order chi connectivity index (χ1) is 11.7. The smallest absolute Gasteiger partial charge is 0.248 e. The standard InChI is InChI=1S/C16H16N6O2/c17-14(23)13-9-21(6-7-24-13)15-12-8-20-22(16(12)19-10-18-15)11-4-2-1-3-5-11/h1-5,8,10,13H,6-7,9H2,(H2,17,23). The number of hydrogen-bond donors (Lipinski definition) is 1. The fourth-order valence-electron chi connectivity index (χ4n) is 2.86. The molecule has 0 radical (unpaired) electrons. The van der Waals surface area contributed by atoms with Crippen molar-refractivity contribution in [2.75, 3.05) is 24.6 Å². The van der Waals surface area contributed by atoms with Crippen molar-refractivity contribution in [2.24, 2.45) is 5.73 Å². The molecule has 0 bridgehead atoms. The van der Waals surface area contributed by atoms with Crippen LogP contribution in [0.2, 0.25) is 0 Å². The zero-order chi connectivity index (χ0) is 16.5. The summed E-state index contributed by atoms with van der Waals surface area (Å²) >= 11 is 0. The highest BCUT2D eigenvalue weighted by molar-refractivity contribution is 5.88. The van der Waals surface area contributed by atoms with E-state index in [-0.39, 0.29) is 0 Å². The number of carbonyl (C=O) groups excluding carboxylic acids is 1. The van der Waals surface area contributed by atoms with E-state index in [1.165, 1.54) is 6.33 Å². The molecule has 122 valence electrons. The van der Waals surface area contributed by atoms with Crippen LogP contribution in [0, 0.1) is 0 Å². The highest BCUT2D eigenvalue weighted by atomic mass is 16.5. The van der Waals surface area contributed by atoms with Gasteiger partial charge in [0.1, 0.15) is 12.1 Å². The summed E-state index contributed by atoms with van der Waals surface area (Å²) in [7, 11) is 0. The molecule has 1 aromatic carbocycles. The molecule has 1 saturated heterocycles. The maximum atomic E-state index is 11.4. The zero-order valence-electron chi connectivity index (χ0n) is 12.9. The van der Waals surface area contributed by atoms with Crippen LogP contribution in [0.15, 0.2) is 42.9 Å². The quantitative estimate of drug-likeness (QED) is 0.753. The van der Waals surface area contributed by atoms with Crippen LogP contribution in [0.5, 0.6) is 0 Å². The number of rotatable bonds is 3. The second-order valence-corrected chi connectivity index (χ2v) is 5.53. The number of hydrogen-bond acceptors (Lipinski definition) is 6. The van der Waals surface area contributed by atoms with Crippen molar-refractivity contribution in [1.82, 2.24) is 19.7 Å². The van der Waals surface area contributed by atoms with Crippen molar-refractivity contribution < 1.29 is 9.53 Å². The van der Waals surface area contributed by atoms with E-state index in [0.29, 0.717) is 25.3 Å². The van der Waals surface area contributed by atoms with Crippen molar-refractivity contribution in [2.45, 2.75) is 6.10 Å². The summed E-state index contributed by atoms with van der Waals surface area (Å²) in [5.41, 5.74) is 7.00. The Morgan fingerprint density at radius 1 is 1.25 bits per heavy atom. The number of benzene rings is 1. The summed E-state index contributed by atoms with van der Waals surface area (Å²) < 4.78 is 7.17. The van der Waals surface area contributed by atoms with Crippen molar-refractivity contribution in [3.63, 3.8) is 0 Å². The third-order valence-electron chi connectivity index (χ3n) is 4.03. The Kier molecular flexibility index (Phi) is 3.58. The number of nitrogens with two attached hydrogens (primary N) is 1. The highest BCUT2D eigenvalue weighted by Crippen LogP contribution is 2.25. The Labute approximate surface area is 137 Å². The van der Waals surface area contributed by atoms with Crippen LogP contribution >= 0.6 is 0 Å². The van der Waals surface area contributed by atoms with Crippen LogP contribution < -0.4 is 10.6 Å². The third kappa shape index (κ3) is 2.46. The summed E-state index contributed by atoms with van der Waals surface area (Å²) in [6, 6.07) is 9.78. The number of aromatic nitrogens is 4. The minimum absolute atomic E-state index is 0.373. The Morgan fingerprint density at radius 3 is 2.88 bits per heavy atom. The number of fused-ring (bicyclic) bond motifs is 1. The molecule has 1 unspecified atom stereocenters. The van der Waals surface area contributed by atoms with Gasteiger partial charge in [0.15, 0.2) is 11.8 Å². The first-order valence-corrected chi connectivity index (χ1v) is 7.64. The number of ether oxygens (including phenoxy) is 1. The van der Waals surface area contributed by atoms with Crippen LogP contribution in [0.4, 0.5) is 5.82 Å². The van der Waals surface area contributed by atoms with Gasteiger partial charge < -0.3 is 15.4 Å². The van der Waals surface area contributed by atoms with Crippen molar-refractivity contribution in [3.8, 4) is 5.69 Å². The highest BCUT2D eigenvalue weighted by Gasteiger charge is 2.27. The monoisotopic (exact) mass is 324 g/mol. The van der Waals surface area contributed by atoms with E-state index in [1.54, 1.807) is 10.9 Å². The number of para-hydroxylation sites is 1. The van der Waals surface area contributed by atoms with Crippen LogP contribution in [-0.2, 0) is 9.53 Å².